The maximum atomic E-state index is 8.24. The summed E-state index contributed by atoms with van der Waals surface area (Å²) in [6.07, 6.45) is 14.7. The standard InChI is InChI=1S/4C10H8N3.2CHNO.3Cr/c4*1-3-7-11-9(5-1)13-10-6-2-4-8-12-10;2*2-1-3;;;/h4*1-8H;2*3H;;;/q4*-1;;;3*+2/p-2. The van der Waals surface area contributed by atoms with Crippen molar-refractivity contribution in [2.24, 2.45) is 0 Å². The van der Waals surface area contributed by atoms with Gasteiger partial charge < -0.3 is 71.4 Å². The Balaban J connectivity index is 0.000000741. The van der Waals surface area contributed by atoms with E-state index in [1.165, 1.54) is 0 Å². The summed E-state index contributed by atoms with van der Waals surface area (Å²) >= 11 is 0. The van der Waals surface area contributed by atoms with Gasteiger partial charge in [-0.1, -0.05) is 97.1 Å². The summed E-state index contributed by atoms with van der Waals surface area (Å²) in [4.78, 5) is 32.5. The van der Waals surface area contributed by atoms with Gasteiger partial charge in [-0.05, 0) is 98.1 Å². The van der Waals surface area contributed by atoms with Crippen LogP contribution in [0.3, 0.4) is 0 Å². The summed E-state index contributed by atoms with van der Waals surface area (Å²) < 4.78 is 0. The van der Waals surface area contributed by atoms with Crippen LogP contribution in [0.2, 0.25) is 0 Å². The topological polar surface area (TPSA) is 253 Å². The Hall–Kier alpha value is -7.42. The van der Waals surface area contributed by atoms with Crippen LogP contribution in [-0.4, -0.2) is 39.9 Å². The summed E-state index contributed by atoms with van der Waals surface area (Å²) in [5, 5.41) is 46.9. The molecule has 8 aromatic rings. The number of nitriles is 2. The molecule has 0 atom stereocenters. The van der Waals surface area contributed by atoms with Crippen LogP contribution in [0.5, 0.6) is 0 Å². The number of hydrogen-bond donors (Lipinski definition) is 0. The minimum absolute atomic E-state index is 0. The summed E-state index contributed by atoms with van der Waals surface area (Å²) in [5.74, 6) is 5.45. The molecular formula is C42H32Cr3N14O2. The SMILES string of the molecule is N#C[O-].N#C[O-].[Cr+2].[Cr+2].[Cr+2].c1ccc([N-]c2ccccn2)nc1.c1ccc([N-]c2ccccn2)nc1.c1ccc([N-]c2ccccn2)nc1.c1ccc([N-]c2ccccn2)nc1. The average Bonchev–Trinajstić information content (AvgIpc) is 3.28. The molecule has 0 fully saturated rings. The normalized spacial score (nSPS) is 8.36. The van der Waals surface area contributed by atoms with E-state index in [4.69, 9.17) is 20.7 Å². The van der Waals surface area contributed by atoms with Crippen LogP contribution in [0.15, 0.2) is 195 Å². The molecule has 8 heterocycles. The Morgan fingerprint density at radius 3 is 0.475 bits per heavy atom. The Morgan fingerprint density at radius 2 is 0.393 bits per heavy atom. The molecule has 61 heavy (non-hydrogen) atoms. The first kappa shape index (κ1) is 53.6. The van der Waals surface area contributed by atoms with Crippen molar-refractivity contribution in [1.29, 1.82) is 10.5 Å². The van der Waals surface area contributed by atoms with Crippen LogP contribution in [0.4, 0.5) is 46.5 Å². The van der Waals surface area contributed by atoms with Crippen molar-refractivity contribution < 1.29 is 62.3 Å². The molecule has 8 rings (SSSR count). The fourth-order valence-corrected chi connectivity index (χ4v) is 3.83. The van der Waals surface area contributed by atoms with E-state index in [1.807, 2.05) is 146 Å². The Kier molecular flexibility index (Phi) is 31.4. The zero-order valence-electron chi connectivity index (χ0n) is 31.8. The van der Waals surface area contributed by atoms with E-state index in [1.54, 1.807) is 49.6 Å². The van der Waals surface area contributed by atoms with Gasteiger partial charge in [0.1, 0.15) is 0 Å². The molecule has 8 aromatic heterocycles. The van der Waals surface area contributed by atoms with Gasteiger partial charge in [-0.3, -0.25) is 0 Å². The van der Waals surface area contributed by atoms with Gasteiger partial charge in [0.25, 0.3) is 0 Å². The van der Waals surface area contributed by atoms with Crippen LogP contribution < -0.4 is 10.2 Å². The maximum Gasteiger partial charge on any atom is 2.00 e. The molecule has 0 aromatic carbocycles. The van der Waals surface area contributed by atoms with E-state index in [9.17, 15) is 0 Å². The molecule has 0 unspecified atom stereocenters. The maximum absolute atomic E-state index is 8.24. The monoisotopic (exact) mass is 920 g/mol. The van der Waals surface area contributed by atoms with E-state index < -0.39 is 0 Å². The zero-order chi connectivity index (χ0) is 41.1. The second kappa shape index (κ2) is 35.7. The Morgan fingerprint density at radius 1 is 0.279 bits per heavy atom. The molecule has 19 heteroatoms. The van der Waals surface area contributed by atoms with Crippen molar-refractivity contribution >= 4 is 46.5 Å². The van der Waals surface area contributed by atoms with Crippen molar-refractivity contribution in [3.63, 3.8) is 0 Å². The first-order valence-corrected chi connectivity index (χ1v) is 16.8. The molecule has 0 saturated carbocycles. The predicted molar refractivity (Wildman–Crippen MR) is 216 cm³/mol. The van der Waals surface area contributed by atoms with Gasteiger partial charge >= 0.3 is 52.1 Å². The van der Waals surface area contributed by atoms with Crippen LogP contribution >= 0.6 is 0 Å². The van der Waals surface area contributed by atoms with Gasteiger partial charge in [0.05, 0.1) is 0 Å². The largest absolute Gasteiger partial charge is 2.00 e. The van der Waals surface area contributed by atoms with E-state index in [0.717, 1.165) is 0 Å². The zero-order valence-corrected chi connectivity index (χ0v) is 35.6. The molecule has 0 radical (unpaired) electrons. The van der Waals surface area contributed by atoms with Crippen molar-refractivity contribution in [3.8, 4) is 12.5 Å². The molecule has 0 saturated heterocycles. The number of rotatable bonds is 8. The molecule has 0 N–H and O–H groups in total. The predicted octanol–water partition coefficient (Wildman–Crippen LogP) is 8.90. The van der Waals surface area contributed by atoms with Crippen molar-refractivity contribution in [2.75, 3.05) is 0 Å². The van der Waals surface area contributed by atoms with Gasteiger partial charge in [-0.25, -0.2) is 10.5 Å². The van der Waals surface area contributed by atoms with E-state index in [2.05, 4.69) is 61.1 Å². The van der Waals surface area contributed by atoms with Gasteiger partial charge in [0.15, 0.2) is 0 Å². The summed E-state index contributed by atoms with van der Waals surface area (Å²) in [6, 6.07) is 44.8. The van der Waals surface area contributed by atoms with Crippen molar-refractivity contribution in [3.05, 3.63) is 216 Å². The second-order valence-electron chi connectivity index (χ2n) is 10.1. The number of hydrogen-bond acceptors (Lipinski definition) is 12. The Bertz CT molecular complexity index is 1810. The smallest absolute Gasteiger partial charge is 0.812 e. The first-order valence-electron chi connectivity index (χ1n) is 16.8. The molecule has 0 spiro atoms. The molecule has 0 aliphatic heterocycles. The molecule has 300 valence electrons. The number of nitrogens with zero attached hydrogens (tertiary/aromatic N) is 14. The van der Waals surface area contributed by atoms with Gasteiger partial charge in [0, 0.05) is 59.1 Å². The number of pyridine rings is 8. The van der Waals surface area contributed by atoms with Crippen LogP contribution in [0.1, 0.15) is 0 Å². The van der Waals surface area contributed by atoms with Crippen LogP contribution in [-0.2, 0) is 52.1 Å². The summed E-state index contributed by atoms with van der Waals surface area (Å²) in [5.41, 5.74) is 0. The third-order valence-electron chi connectivity index (χ3n) is 6.11. The quantitative estimate of drug-likeness (QED) is 0.130. The number of aromatic nitrogens is 8. The Labute approximate surface area is 386 Å². The van der Waals surface area contributed by atoms with Crippen molar-refractivity contribution in [1.82, 2.24) is 39.9 Å². The minimum atomic E-state index is 0. The summed E-state index contributed by atoms with van der Waals surface area (Å²) in [7, 11) is 0. The van der Waals surface area contributed by atoms with E-state index >= 15 is 0 Å². The van der Waals surface area contributed by atoms with E-state index in [0.29, 0.717) is 59.1 Å². The molecule has 0 bridgehead atoms. The molecule has 16 nitrogen and oxygen atoms in total. The fourth-order valence-electron chi connectivity index (χ4n) is 3.83. The third-order valence-corrected chi connectivity index (χ3v) is 6.11. The molecule has 0 aliphatic carbocycles. The fraction of sp³-hybridized carbons (Fsp3) is 0. The molecule has 0 amide bonds. The van der Waals surface area contributed by atoms with Gasteiger partial charge in [-0.2, -0.15) is 0 Å². The van der Waals surface area contributed by atoms with Crippen LogP contribution in [0.25, 0.3) is 21.3 Å². The first-order chi connectivity index (χ1) is 28.6. The third kappa shape index (κ3) is 25.5. The van der Waals surface area contributed by atoms with Gasteiger partial charge in [0.2, 0.25) is 0 Å². The minimum Gasteiger partial charge on any atom is -0.812 e. The van der Waals surface area contributed by atoms with E-state index in [-0.39, 0.29) is 52.1 Å². The second-order valence-corrected chi connectivity index (χ2v) is 10.1. The molecule has 0 aliphatic rings. The van der Waals surface area contributed by atoms with Crippen LogP contribution in [0, 0.1) is 23.0 Å². The average molecular weight is 921 g/mol. The molecular weight excluding hydrogens is 889 g/mol. The van der Waals surface area contributed by atoms with Gasteiger partial charge in [-0.15, -0.1) is 0 Å². The summed E-state index contributed by atoms with van der Waals surface area (Å²) in [6.45, 7) is 0. The van der Waals surface area contributed by atoms with Crippen molar-refractivity contribution in [2.45, 2.75) is 0 Å².